The third-order valence-electron chi connectivity index (χ3n) is 4.68. The van der Waals surface area contributed by atoms with E-state index >= 15 is 0 Å². The molecule has 24 heavy (non-hydrogen) atoms. The molecule has 0 bridgehead atoms. The number of rotatable bonds is 1. The topological polar surface area (TPSA) is 52.9 Å². The van der Waals surface area contributed by atoms with E-state index in [0.29, 0.717) is 17.3 Å². The Morgan fingerprint density at radius 2 is 2.08 bits per heavy atom. The molecule has 3 rings (SSSR count). The molecule has 0 saturated heterocycles. The van der Waals surface area contributed by atoms with E-state index in [0.717, 1.165) is 0 Å². The van der Waals surface area contributed by atoms with Gasteiger partial charge in [0.2, 0.25) is 0 Å². The maximum Gasteiger partial charge on any atom is 0.439 e. The summed E-state index contributed by atoms with van der Waals surface area (Å²) < 4.78 is 41.6. The molecule has 0 spiro atoms. The lowest BCUT2D eigenvalue weighted by molar-refractivity contribution is -0.313. The van der Waals surface area contributed by atoms with E-state index in [1.165, 1.54) is 6.07 Å². The fourth-order valence-corrected chi connectivity index (χ4v) is 3.81. The minimum atomic E-state index is -5.00. The van der Waals surface area contributed by atoms with Crippen LogP contribution in [-0.2, 0) is 0 Å². The van der Waals surface area contributed by atoms with Crippen molar-refractivity contribution in [1.29, 1.82) is 0 Å². The van der Waals surface area contributed by atoms with Gasteiger partial charge in [-0.15, -0.1) is 0 Å². The number of hydrogen-bond acceptors (Lipinski definition) is 3. The van der Waals surface area contributed by atoms with Crippen molar-refractivity contribution in [3.05, 3.63) is 34.3 Å². The van der Waals surface area contributed by atoms with Gasteiger partial charge in [0.15, 0.2) is 0 Å². The van der Waals surface area contributed by atoms with Crippen molar-refractivity contribution in [3.63, 3.8) is 0 Å². The highest BCUT2D eigenvalue weighted by Gasteiger charge is 2.68. The highest BCUT2D eigenvalue weighted by atomic mass is 79.9. The number of amides is 1. The second-order valence-corrected chi connectivity index (χ2v) is 7.20. The van der Waals surface area contributed by atoms with Crippen molar-refractivity contribution in [1.82, 2.24) is 5.01 Å². The number of alkyl halides is 3. The van der Waals surface area contributed by atoms with Crippen LogP contribution in [0.3, 0.4) is 0 Å². The molecule has 3 atom stereocenters. The van der Waals surface area contributed by atoms with Crippen molar-refractivity contribution < 1.29 is 23.1 Å². The van der Waals surface area contributed by atoms with E-state index in [4.69, 9.17) is 0 Å². The molecule has 0 unspecified atom stereocenters. The summed E-state index contributed by atoms with van der Waals surface area (Å²) in [5.74, 6) is -2.16. The molecule has 1 heterocycles. The minimum absolute atomic E-state index is 0.0243. The van der Waals surface area contributed by atoms with E-state index in [2.05, 4.69) is 21.0 Å². The molecule has 1 aliphatic heterocycles. The molecule has 2 aliphatic rings. The lowest BCUT2D eigenvalue weighted by Crippen LogP contribution is -2.61. The van der Waals surface area contributed by atoms with E-state index in [-0.39, 0.29) is 28.6 Å². The first-order valence-corrected chi connectivity index (χ1v) is 8.41. The van der Waals surface area contributed by atoms with Gasteiger partial charge < -0.3 is 5.11 Å². The summed E-state index contributed by atoms with van der Waals surface area (Å²) in [4.78, 5) is 12.7. The lowest BCUT2D eigenvalue weighted by Gasteiger charge is -2.39. The van der Waals surface area contributed by atoms with E-state index < -0.39 is 23.7 Å². The predicted octanol–water partition coefficient (Wildman–Crippen LogP) is 3.95. The Bertz CT molecular complexity index is 707. The fourth-order valence-electron chi connectivity index (χ4n) is 3.36. The molecule has 1 aromatic rings. The van der Waals surface area contributed by atoms with Crippen LogP contribution in [0, 0.1) is 11.8 Å². The van der Waals surface area contributed by atoms with Gasteiger partial charge in [0.25, 0.3) is 11.6 Å². The average molecular weight is 405 g/mol. The molecule has 8 heteroatoms. The summed E-state index contributed by atoms with van der Waals surface area (Å²) in [6.45, 7) is 1.84. The summed E-state index contributed by atoms with van der Waals surface area (Å²) in [6.07, 6.45) is -3.81. The van der Waals surface area contributed by atoms with Crippen LogP contribution in [0.1, 0.15) is 36.5 Å². The van der Waals surface area contributed by atoms with Gasteiger partial charge in [-0.2, -0.15) is 23.3 Å². The number of fused-ring (bicyclic) bond motifs is 1. The minimum Gasteiger partial charge on any atom is -0.362 e. The number of benzene rings is 1. The molecule has 1 aromatic carbocycles. The van der Waals surface area contributed by atoms with Crippen molar-refractivity contribution in [2.45, 2.75) is 38.1 Å². The maximum atomic E-state index is 13.7. The van der Waals surface area contributed by atoms with Crippen LogP contribution in [0.5, 0.6) is 0 Å². The lowest BCUT2D eigenvalue weighted by atomic mass is 9.76. The highest BCUT2D eigenvalue weighted by Crippen LogP contribution is 2.49. The zero-order valence-electron chi connectivity index (χ0n) is 12.8. The molecule has 0 radical (unpaired) electrons. The average Bonchev–Trinajstić information content (AvgIpc) is 2.81. The maximum absolute atomic E-state index is 13.7. The first kappa shape index (κ1) is 17.4. The second-order valence-electron chi connectivity index (χ2n) is 6.34. The standard InChI is InChI=1S/C16H16BrF3N2O2/c1-9-6-7-13-11(8-9)15(24,16(18,19)20)22(21-13)14(23)10-4-2-3-5-12(10)17/h2-5,9,11,24H,6-8H2,1H3/t9-,11-,15-/m1/s1. The van der Waals surface area contributed by atoms with Crippen LogP contribution in [0.25, 0.3) is 0 Å². The largest absolute Gasteiger partial charge is 0.439 e. The Morgan fingerprint density at radius 3 is 2.71 bits per heavy atom. The third kappa shape index (κ3) is 2.56. The van der Waals surface area contributed by atoms with E-state index in [1.54, 1.807) is 18.2 Å². The van der Waals surface area contributed by atoms with Gasteiger partial charge in [-0.05, 0) is 53.2 Å². The van der Waals surface area contributed by atoms with Gasteiger partial charge >= 0.3 is 6.18 Å². The number of hydrazone groups is 1. The Hall–Kier alpha value is -1.41. The summed E-state index contributed by atoms with van der Waals surface area (Å²) in [5, 5.41) is 14.7. The van der Waals surface area contributed by atoms with Crippen molar-refractivity contribution in [2.75, 3.05) is 0 Å². The zero-order valence-corrected chi connectivity index (χ0v) is 14.4. The molecule has 1 saturated carbocycles. The Kier molecular flexibility index (Phi) is 4.24. The fraction of sp³-hybridized carbons (Fsp3) is 0.500. The van der Waals surface area contributed by atoms with Crippen molar-refractivity contribution in [2.24, 2.45) is 16.9 Å². The van der Waals surface area contributed by atoms with Crippen molar-refractivity contribution >= 4 is 27.5 Å². The molecule has 0 aromatic heterocycles. The SMILES string of the molecule is C[C@@H]1CCC2=NN(C(=O)c3ccccc3Br)[C@](O)(C(F)(F)F)[C@@H]2C1. The van der Waals surface area contributed by atoms with Gasteiger partial charge in [-0.3, -0.25) is 4.79 Å². The normalized spacial score (nSPS) is 30.1. The first-order valence-electron chi connectivity index (χ1n) is 7.61. The smallest absolute Gasteiger partial charge is 0.362 e. The Morgan fingerprint density at radius 1 is 1.42 bits per heavy atom. The van der Waals surface area contributed by atoms with Gasteiger partial charge in [0.05, 0.1) is 11.5 Å². The Balaban J connectivity index is 2.07. The van der Waals surface area contributed by atoms with Crippen LogP contribution in [0.4, 0.5) is 13.2 Å². The number of aliphatic hydroxyl groups is 1. The summed E-state index contributed by atoms with van der Waals surface area (Å²) in [6, 6.07) is 6.14. The van der Waals surface area contributed by atoms with E-state index in [1.807, 2.05) is 6.92 Å². The monoisotopic (exact) mass is 404 g/mol. The third-order valence-corrected chi connectivity index (χ3v) is 5.38. The number of carbonyl (C=O) groups excluding carboxylic acids is 1. The molecule has 1 fully saturated rings. The molecule has 130 valence electrons. The van der Waals surface area contributed by atoms with Gasteiger partial charge in [0.1, 0.15) is 0 Å². The van der Waals surface area contributed by atoms with Crippen LogP contribution in [-0.4, -0.2) is 33.6 Å². The second kappa shape index (κ2) is 5.84. The number of nitrogens with zero attached hydrogens (tertiary/aromatic N) is 2. The number of halogens is 4. The van der Waals surface area contributed by atoms with Crippen LogP contribution < -0.4 is 0 Å². The summed E-state index contributed by atoms with van der Waals surface area (Å²) in [7, 11) is 0. The predicted molar refractivity (Wildman–Crippen MR) is 85.3 cm³/mol. The highest BCUT2D eigenvalue weighted by molar-refractivity contribution is 9.10. The molecular weight excluding hydrogens is 389 g/mol. The Labute approximate surface area is 145 Å². The first-order chi connectivity index (χ1) is 11.2. The number of hydrogen-bond donors (Lipinski definition) is 1. The van der Waals surface area contributed by atoms with Crippen LogP contribution in [0.2, 0.25) is 0 Å². The van der Waals surface area contributed by atoms with Gasteiger partial charge in [-0.1, -0.05) is 19.1 Å². The molecule has 1 aliphatic carbocycles. The molecular formula is C16H16BrF3N2O2. The molecule has 1 amide bonds. The summed E-state index contributed by atoms with van der Waals surface area (Å²) in [5.41, 5.74) is -3.03. The van der Waals surface area contributed by atoms with Crippen LogP contribution >= 0.6 is 15.9 Å². The van der Waals surface area contributed by atoms with Crippen molar-refractivity contribution in [3.8, 4) is 0 Å². The van der Waals surface area contributed by atoms with Crippen LogP contribution in [0.15, 0.2) is 33.8 Å². The van der Waals surface area contributed by atoms with E-state index in [9.17, 15) is 23.1 Å². The zero-order chi connectivity index (χ0) is 17.7. The molecule has 1 N–H and O–H groups in total. The quantitative estimate of drug-likeness (QED) is 0.770. The number of carbonyl (C=O) groups is 1. The summed E-state index contributed by atoms with van der Waals surface area (Å²) >= 11 is 3.16. The molecule has 4 nitrogen and oxygen atoms in total. The van der Waals surface area contributed by atoms with Gasteiger partial charge in [-0.25, -0.2) is 0 Å². The van der Waals surface area contributed by atoms with Gasteiger partial charge in [0, 0.05) is 10.2 Å².